The standard InChI is InChI=1S/C67H135NO4/c1-3-5-7-9-11-13-15-17-19-21-23-25-27-28-29-30-31-32-33-34-35-36-37-38-39-40-42-44-46-48-50-52-54-56-58-60-62-66(71)67(72)68-64(63-69)65(70)61-59-57-55-53-51-49-47-45-43-41-26-24-22-20-18-16-14-12-10-8-6-4-2/h64-66,69-71H,3-63H2,1-2H3,(H,68,72). The van der Waals surface area contributed by atoms with Crippen LogP contribution in [0.5, 0.6) is 0 Å². The second kappa shape index (κ2) is 62.9. The third-order valence-corrected chi connectivity index (χ3v) is 16.5. The van der Waals surface area contributed by atoms with Gasteiger partial charge in [0.2, 0.25) is 5.91 Å². The molecule has 0 aliphatic carbocycles. The molecule has 5 heteroatoms. The van der Waals surface area contributed by atoms with Crippen LogP contribution in [-0.2, 0) is 4.79 Å². The number of rotatable bonds is 64. The molecule has 0 aromatic carbocycles. The lowest BCUT2D eigenvalue weighted by atomic mass is 10.0. The Hall–Kier alpha value is -0.650. The molecule has 0 fully saturated rings. The lowest BCUT2D eigenvalue weighted by Crippen LogP contribution is -2.49. The van der Waals surface area contributed by atoms with Gasteiger partial charge < -0.3 is 20.6 Å². The quantitative estimate of drug-likeness (QED) is 0.0457. The molecule has 0 heterocycles. The van der Waals surface area contributed by atoms with E-state index in [1.807, 2.05) is 0 Å². The Morgan fingerprint density at radius 3 is 0.625 bits per heavy atom. The Balaban J connectivity index is 3.41. The zero-order valence-electron chi connectivity index (χ0n) is 49.6. The van der Waals surface area contributed by atoms with Gasteiger partial charge in [-0.1, -0.05) is 386 Å². The Morgan fingerprint density at radius 1 is 0.278 bits per heavy atom. The highest BCUT2D eigenvalue weighted by molar-refractivity contribution is 5.80. The number of carbonyl (C=O) groups is 1. The number of hydrogen-bond acceptors (Lipinski definition) is 4. The van der Waals surface area contributed by atoms with Crippen LogP contribution in [0.4, 0.5) is 0 Å². The van der Waals surface area contributed by atoms with Gasteiger partial charge in [0.15, 0.2) is 0 Å². The molecule has 0 aliphatic heterocycles. The number of aliphatic hydroxyl groups is 3. The summed E-state index contributed by atoms with van der Waals surface area (Å²) < 4.78 is 0. The largest absolute Gasteiger partial charge is 0.394 e. The van der Waals surface area contributed by atoms with Crippen molar-refractivity contribution in [2.45, 2.75) is 417 Å². The first-order valence-corrected chi connectivity index (χ1v) is 33.8. The Morgan fingerprint density at radius 2 is 0.444 bits per heavy atom. The van der Waals surface area contributed by atoms with Gasteiger partial charge >= 0.3 is 0 Å². The molecule has 1 amide bonds. The van der Waals surface area contributed by atoms with Crippen molar-refractivity contribution in [1.29, 1.82) is 0 Å². The van der Waals surface area contributed by atoms with Crippen LogP contribution in [0.25, 0.3) is 0 Å². The molecule has 0 aromatic rings. The topological polar surface area (TPSA) is 89.8 Å². The monoisotopic (exact) mass is 1020 g/mol. The van der Waals surface area contributed by atoms with E-state index >= 15 is 0 Å². The van der Waals surface area contributed by atoms with Crippen molar-refractivity contribution in [3.8, 4) is 0 Å². The summed E-state index contributed by atoms with van der Waals surface area (Å²) in [6.07, 6.45) is 79.2. The number of amides is 1. The lowest BCUT2D eigenvalue weighted by molar-refractivity contribution is -0.131. The van der Waals surface area contributed by atoms with Gasteiger partial charge in [0.05, 0.1) is 18.8 Å². The fourth-order valence-electron chi connectivity index (χ4n) is 11.3. The van der Waals surface area contributed by atoms with E-state index in [1.165, 1.54) is 340 Å². The van der Waals surface area contributed by atoms with Crippen LogP contribution >= 0.6 is 0 Å². The first kappa shape index (κ1) is 71.3. The van der Waals surface area contributed by atoms with Crippen LogP contribution in [0.3, 0.4) is 0 Å². The summed E-state index contributed by atoms with van der Waals surface area (Å²) in [5, 5.41) is 33.7. The predicted octanol–water partition coefficient (Wildman–Crippen LogP) is 21.6. The summed E-state index contributed by atoms with van der Waals surface area (Å²) in [4.78, 5) is 12.6. The van der Waals surface area contributed by atoms with Gasteiger partial charge in [0.1, 0.15) is 6.10 Å². The summed E-state index contributed by atoms with van der Waals surface area (Å²) in [5.41, 5.74) is 0. The molecule has 0 rings (SSSR count). The van der Waals surface area contributed by atoms with Gasteiger partial charge in [-0.15, -0.1) is 0 Å². The maximum Gasteiger partial charge on any atom is 0.249 e. The Labute approximate surface area is 453 Å². The molecule has 3 unspecified atom stereocenters. The maximum absolute atomic E-state index is 12.6. The molecular weight excluding hydrogens is 883 g/mol. The number of hydrogen-bond donors (Lipinski definition) is 4. The van der Waals surface area contributed by atoms with Gasteiger partial charge in [-0.05, 0) is 12.8 Å². The molecule has 0 saturated heterocycles. The van der Waals surface area contributed by atoms with Gasteiger partial charge in [-0.25, -0.2) is 0 Å². The molecule has 72 heavy (non-hydrogen) atoms. The summed E-state index contributed by atoms with van der Waals surface area (Å²) in [6, 6.07) is -0.708. The molecule has 3 atom stereocenters. The molecule has 0 spiro atoms. The number of carbonyl (C=O) groups excluding carboxylic acids is 1. The highest BCUT2D eigenvalue weighted by Gasteiger charge is 2.23. The van der Waals surface area contributed by atoms with Crippen LogP contribution in [-0.4, -0.2) is 46.1 Å². The lowest BCUT2D eigenvalue weighted by Gasteiger charge is -2.23. The third-order valence-electron chi connectivity index (χ3n) is 16.5. The van der Waals surface area contributed by atoms with Gasteiger partial charge in [-0.3, -0.25) is 4.79 Å². The normalized spacial score (nSPS) is 13.0. The van der Waals surface area contributed by atoms with E-state index < -0.39 is 24.2 Å². The molecule has 0 saturated carbocycles. The van der Waals surface area contributed by atoms with E-state index in [4.69, 9.17) is 0 Å². The zero-order chi connectivity index (χ0) is 52.2. The van der Waals surface area contributed by atoms with E-state index in [0.29, 0.717) is 12.8 Å². The fourth-order valence-corrected chi connectivity index (χ4v) is 11.3. The van der Waals surface area contributed by atoms with Crippen LogP contribution in [0.1, 0.15) is 399 Å². The highest BCUT2D eigenvalue weighted by atomic mass is 16.3. The van der Waals surface area contributed by atoms with Gasteiger partial charge in [0.25, 0.3) is 0 Å². The molecule has 0 bridgehead atoms. The van der Waals surface area contributed by atoms with Crippen molar-refractivity contribution in [3.05, 3.63) is 0 Å². The van der Waals surface area contributed by atoms with Gasteiger partial charge in [0, 0.05) is 0 Å². The van der Waals surface area contributed by atoms with E-state index in [9.17, 15) is 20.1 Å². The van der Waals surface area contributed by atoms with Crippen LogP contribution in [0.2, 0.25) is 0 Å². The minimum absolute atomic E-state index is 0.307. The van der Waals surface area contributed by atoms with Crippen molar-refractivity contribution in [2.75, 3.05) is 6.61 Å². The van der Waals surface area contributed by atoms with Crippen molar-refractivity contribution in [3.63, 3.8) is 0 Å². The number of unbranched alkanes of at least 4 members (excludes halogenated alkanes) is 56. The minimum Gasteiger partial charge on any atom is -0.394 e. The van der Waals surface area contributed by atoms with Crippen LogP contribution in [0, 0.1) is 0 Å². The zero-order valence-corrected chi connectivity index (χ0v) is 49.6. The second-order valence-electron chi connectivity index (χ2n) is 23.8. The molecule has 0 aromatic heterocycles. The predicted molar refractivity (Wildman–Crippen MR) is 319 cm³/mol. The number of aliphatic hydroxyl groups excluding tert-OH is 3. The maximum atomic E-state index is 12.6. The van der Waals surface area contributed by atoms with Crippen molar-refractivity contribution in [2.24, 2.45) is 0 Å². The average molecular weight is 1020 g/mol. The van der Waals surface area contributed by atoms with E-state index in [2.05, 4.69) is 19.2 Å². The van der Waals surface area contributed by atoms with E-state index in [1.54, 1.807) is 0 Å². The highest BCUT2D eigenvalue weighted by Crippen LogP contribution is 2.20. The average Bonchev–Trinajstić information content (AvgIpc) is 3.39. The molecule has 5 nitrogen and oxygen atoms in total. The third kappa shape index (κ3) is 57.1. The summed E-state index contributed by atoms with van der Waals surface area (Å²) >= 11 is 0. The number of nitrogens with one attached hydrogen (secondary N) is 1. The summed E-state index contributed by atoms with van der Waals surface area (Å²) in [5.74, 6) is -0.460. The molecule has 0 radical (unpaired) electrons. The molecule has 0 aliphatic rings. The van der Waals surface area contributed by atoms with E-state index in [-0.39, 0.29) is 6.61 Å². The molecule has 4 N–H and O–H groups in total. The minimum atomic E-state index is -1.07. The smallest absolute Gasteiger partial charge is 0.249 e. The Bertz CT molecular complexity index is 991. The SMILES string of the molecule is CCCCCCCCCCCCCCCCCCCCCCCCCCCCCCCCCCCCCCC(O)C(=O)NC(CO)C(O)CCCCCCCCCCCCCCCCCCCCCCCC. The summed E-state index contributed by atoms with van der Waals surface area (Å²) in [7, 11) is 0. The van der Waals surface area contributed by atoms with Crippen molar-refractivity contribution >= 4 is 5.91 Å². The second-order valence-corrected chi connectivity index (χ2v) is 23.8. The van der Waals surface area contributed by atoms with Crippen LogP contribution in [0.15, 0.2) is 0 Å². The van der Waals surface area contributed by atoms with E-state index in [0.717, 1.165) is 32.1 Å². The Kier molecular flexibility index (Phi) is 62.3. The first-order chi connectivity index (χ1) is 35.6. The van der Waals surface area contributed by atoms with Crippen molar-refractivity contribution in [1.82, 2.24) is 5.32 Å². The molecule has 432 valence electrons. The van der Waals surface area contributed by atoms with Crippen LogP contribution < -0.4 is 5.32 Å². The summed E-state index contributed by atoms with van der Waals surface area (Å²) in [6.45, 7) is 4.29. The van der Waals surface area contributed by atoms with Gasteiger partial charge in [-0.2, -0.15) is 0 Å². The molecular formula is C67H135NO4. The van der Waals surface area contributed by atoms with Crippen molar-refractivity contribution < 1.29 is 20.1 Å². The first-order valence-electron chi connectivity index (χ1n) is 33.8. The fraction of sp³-hybridized carbons (Fsp3) is 0.985.